The summed E-state index contributed by atoms with van der Waals surface area (Å²) in [5.74, 6) is 0.102. The molecule has 0 fully saturated rings. The van der Waals surface area contributed by atoms with Gasteiger partial charge in [-0.1, -0.05) is 0 Å². The molecule has 1 unspecified atom stereocenters. The van der Waals surface area contributed by atoms with Gasteiger partial charge in [-0.05, 0) is 6.92 Å². The number of nitriles is 1. The maximum absolute atomic E-state index is 12.7. The molecule has 0 bridgehead atoms. The van der Waals surface area contributed by atoms with E-state index in [2.05, 4.69) is 16.2 Å². The summed E-state index contributed by atoms with van der Waals surface area (Å²) in [4.78, 5) is 5.72. The molecule has 5 nitrogen and oxygen atoms in total. The van der Waals surface area contributed by atoms with Crippen molar-refractivity contribution >= 4 is 11.3 Å². The molecule has 0 aromatic carbocycles. The Bertz CT molecular complexity index is 655. The molecule has 0 spiro atoms. The average molecular weight is 283 g/mol. The summed E-state index contributed by atoms with van der Waals surface area (Å²) in [5.41, 5.74) is -0.707. The first kappa shape index (κ1) is 14.1. The minimum Gasteiger partial charge on any atom is -0.357 e. The zero-order valence-corrected chi connectivity index (χ0v) is 10.9. The van der Waals surface area contributed by atoms with Crippen molar-refractivity contribution in [2.75, 3.05) is 18.5 Å². The molecule has 2 rings (SSSR count). The van der Waals surface area contributed by atoms with Gasteiger partial charge in [-0.2, -0.15) is 23.5 Å². The van der Waals surface area contributed by atoms with Crippen molar-refractivity contribution in [3.05, 3.63) is 24.2 Å². The zero-order chi connectivity index (χ0) is 14.9. The van der Waals surface area contributed by atoms with Crippen LogP contribution in [0.25, 0.3) is 5.52 Å². The van der Waals surface area contributed by atoms with Gasteiger partial charge in [0.25, 0.3) is 0 Å². The Labute approximate surface area is 113 Å². The van der Waals surface area contributed by atoms with Crippen molar-refractivity contribution in [3.8, 4) is 6.07 Å². The summed E-state index contributed by atoms with van der Waals surface area (Å²) in [5, 5.41) is 12.3. The van der Waals surface area contributed by atoms with E-state index in [9.17, 15) is 13.2 Å². The molecule has 2 aromatic heterocycles. The molecule has 0 N–H and O–H groups in total. The summed E-state index contributed by atoms with van der Waals surface area (Å²) in [7, 11) is 1.68. The second kappa shape index (κ2) is 5.00. The number of hydrogen-bond donors (Lipinski definition) is 0. The Balaban J connectivity index is 2.44. The van der Waals surface area contributed by atoms with E-state index in [0.29, 0.717) is 12.4 Å². The molecule has 0 aliphatic carbocycles. The minimum atomic E-state index is -4.50. The van der Waals surface area contributed by atoms with E-state index < -0.39 is 11.9 Å². The fourth-order valence-electron chi connectivity index (χ4n) is 1.88. The molecule has 2 heterocycles. The van der Waals surface area contributed by atoms with Crippen molar-refractivity contribution in [2.24, 2.45) is 5.92 Å². The van der Waals surface area contributed by atoms with Crippen LogP contribution < -0.4 is 4.90 Å². The highest BCUT2D eigenvalue weighted by Gasteiger charge is 2.34. The van der Waals surface area contributed by atoms with Crippen LogP contribution in [0.2, 0.25) is 0 Å². The Morgan fingerprint density at radius 1 is 1.50 bits per heavy atom. The molecule has 1 atom stereocenters. The zero-order valence-electron chi connectivity index (χ0n) is 10.9. The molecule has 20 heavy (non-hydrogen) atoms. The second-order valence-corrected chi connectivity index (χ2v) is 4.52. The van der Waals surface area contributed by atoms with E-state index >= 15 is 0 Å². The number of hydrogen-bond acceptors (Lipinski definition) is 4. The standard InChI is InChI=1S/C12H12F3N5/c1-8(6-16)7-19(2)11-9-5-10(12(13,14)15)18-20(9)4-3-17-11/h3-5,8H,7H2,1-2H3. The van der Waals surface area contributed by atoms with Gasteiger partial charge in [0.05, 0.1) is 12.0 Å². The normalized spacial score (nSPS) is 13.2. The van der Waals surface area contributed by atoms with Gasteiger partial charge in [-0.15, -0.1) is 0 Å². The van der Waals surface area contributed by atoms with Crippen LogP contribution in [-0.2, 0) is 6.18 Å². The van der Waals surface area contributed by atoms with E-state index in [-0.39, 0.29) is 11.4 Å². The third-order valence-electron chi connectivity index (χ3n) is 2.79. The van der Waals surface area contributed by atoms with Crippen molar-refractivity contribution in [2.45, 2.75) is 13.1 Å². The molecule has 0 radical (unpaired) electrons. The third kappa shape index (κ3) is 2.66. The molecule has 0 aliphatic rings. The van der Waals surface area contributed by atoms with Gasteiger partial charge in [0.15, 0.2) is 11.5 Å². The number of nitrogens with zero attached hydrogens (tertiary/aromatic N) is 5. The average Bonchev–Trinajstić information content (AvgIpc) is 2.81. The summed E-state index contributed by atoms with van der Waals surface area (Å²) in [6.45, 7) is 2.10. The van der Waals surface area contributed by atoms with Gasteiger partial charge < -0.3 is 4.90 Å². The lowest BCUT2D eigenvalue weighted by Gasteiger charge is -2.19. The van der Waals surface area contributed by atoms with E-state index in [0.717, 1.165) is 10.6 Å². The molecule has 8 heteroatoms. The lowest BCUT2D eigenvalue weighted by atomic mass is 10.2. The summed E-state index contributed by atoms with van der Waals surface area (Å²) < 4.78 is 39.1. The summed E-state index contributed by atoms with van der Waals surface area (Å²) in [6.07, 6.45) is -1.76. The van der Waals surface area contributed by atoms with Crippen LogP contribution >= 0.6 is 0 Å². The van der Waals surface area contributed by atoms with Crippen LogP contribution in [0.5, 0.6) is 0 Å². The number of anilines is 1. The lowest BCUT2D eigenvalue weighted by molar-refractivity contribution is -0.141. The molecule has 0 aliphatic heterocycles. The van der Waals surface area contributed by atoms with Gasteiger partial charge in [0.2, 0.25) is 0 Å². The predicted octanol–water partition coefficient (Wildman–Crippen LogP) is 2.34. The van der Waals surface area contributed by atoms with Crippen molar-refractivity contribution in [3.63, 3.8) is 0 Å². The Morgan fingerprint density at radius 3 is 2.80 bits per heavy atom. The van der Waals surface area contributed by atoms with Gasteiger partial charge in [-0.3, -0.25) is 0 Å². The maximum atomic E-state index is 12.7. The quantitative estimate of drug-likeness (QED) is 0.867. The molecule has 0 amide bonds. The van der Waals surface area contributed by atoms with Crippen LogP contribution in [0.15, 0.2) is 18.5 Å². The Morgan fingerprint density at radius 2 is 2.20 bits per heavy atom. The lowest BCUT2D eigenvalue weighted by Crippen LogP contribution is -2.24. The number of rotatable bonds is 3. The summed E-state index contributed by atoms with van der Waals surface area (Å²) in [6, 6.07) is 3.03. The molecular weight excluding hydrogens is 271 g/mol. The smallest absolute Gasteiger partial charge is 0.357 e. The SMILES string of the molecule is CC(C#N)CN(C)c1nccn2nc(C(F)(F)F)cc12. The van der Waals surface area contributed by atoms with Crippen LogP contribution in [0.4, 0.5) is 19.0 Å². The topological polar surface area (TPSA) is 57.2 Å². The van der Waals surface area contributed by atoms with Crippen LogP contribution in [0, 0.1) is 17.2 Å². The number of alkyl halides is 3. The maximum Gasteiger partial charge on any atom is 0.435 e. The fraction of sp³-hybridized carbons (Fsp3) is 0.417. The van der Waals surface area contributed by atoms with Gasteiger partial charge in [0, 0.05) is 32.1 Å². The van der Waals surface area contributed by atoms with Gasteiger partial charge in [-0.25, -0.2) is 9.50 Å². The highest BCUT2D eigenvalue weighted by atomic mass is 19.4. The number of aromatic nitrogens is 3. The Hall–Kier alpha value is -2.30. The van der Waals surface area contributed by atoms with Gasteiger partial charge >= 0.3 is 6.18 Å². The van der Waals surface area contributed by atoms with E-state index in [4.69, 9.17) is 5.26 Å². The first-order chi connectivity index (χ1) is 9.32. The van der Waals surface area contributed by atoms with Crippen LogP contribution in [0.1, 0.15) is 12.6 Å². The molecule has 106 valence electrons. The van der Waals surface area contributed by atoms with E-state index in [1.54, 1.807) is 18.9 Å². The Kier molecular flexibility index (Phi) is 3.53. The van der Waals surface area contributed by atoms with Gasteiger partial charge in [0.1, 0.15) is 5.52 Å². The van der Waals surface area contributed by atoms with Crippen molar-refractivity contribution in [1.29, 1.82) is 5.26 Å². The van der Waals surface area contributed by atoms with Crippen molar-refractivity contribution < 1.29 is 13.2 Å². The molecule has 0 saturated carbocycles. The minimum absolute atomic E-state index is 0.257. The molecule has 2 aromatic rings. The van der Waals surface area contributed by atoms with Crippen molar-refractivity contribution in [1.82, 2.24) is 14.6 Å². The van der Waals surface area contributed by atoms with E-state index in [1.165, 1.54) is 12.4 Å². The summed E-state index contributed by atoms with van der Waals surface area (Å²) >= 11 is 0. The largest absolute Gasteiger partial charge is 0.435 e. The first-order valence-corrected chi connectivity index (χ1v) is 5.85. The van der Waals surface area contributed by atoms with E-state index in [1.807, 2.05) is 0 Å². The highest BCUT2D eigenvalue weighted by molar-refractivity contribution is 5.69. The monoisotopic (exact) mass is 283 g/mol. The third-order valence-corrected chi connectivity index (χ3v) is 2.79. The highest BCUT2D eigenvalue weighted by Crippen LogP contribution is 2.30. The first-order valence-electron chi connectivity index (χ1n) is 5.85. The number of fused-ring (bicyclic) bond motifs is 1. The fourth-order valence-corrected chi connectivity index (χ4v) is 1.88. The predicted molar refractivity (Wildman–Crippen MR) is 66.0 cm³/mol. The van der Waals surface area contributed by atoms with Crippen LogP contribution in [0.3, 0.4) is 0 Å². The number of halogens is 3. The van der Waals surface area contributed by atoms with Crippen LogP contribution in [-0.4, -0.2) is 28.2 Å². The molecule has 0 saturated heterocycles. The second-order valence-electron chi connectivity index (χ2n) is 4.52. The molecular formula is C12H12F3N5.